The number of thiocarbonyl (C=S) groups is 1. The minimum absolute atomic E-state index is 0.271. The monoisotopic (exact) mass is 240 g/mol. The van der Waals surface area contributed by atoms with Crippen molar-refractivity contribution in [3.05, 3.63) is 23.9 Å². The number of nitrogens with two attached hydrogens (primary N) is 1. The van der Waals surface area contributed by atoms with Gasteiger partial charge in [0.25, 0.3) is 0 Å². The van der Waals surface area contributed by atoms with Crippen LogP contribution in [0.4, 0.5) is 0 Å². The molecule has 0 saturated heterocycles. The van der Waals surface area contributed by atoms with E-state index >= 15 is 0 Å². The summed E-state index contributed by atoms with van der Waals surface area (Å²) in [5.41, 5.74) is 6.04. The van der Waals surface area contributed by atoms with Gasteiger partial charge in [0.15, 0.2) is 0 Å². The van der Waals surface area contributed by atoms with Crippen molar-refractivity contribution in [1.29, 1.82) is 0 Å². The molecular formula is C11H16N2O2S. The van der Waals surface area contributed by atoms with E-state index in [2.05, 4.69) is 11.9 Å². The zero-order chi connectivity index (χ0) is 11.8. The minimum atomic E-state index is 0.271. The molecule has 0 saturated carbocycles. The quantitative estimate of drug-likeness (QED) is 0.578. The van der Waals surface area contributed by atoms with Crippen LogP contribution in [0.25, 0.3) is 0 Å². The van der Waals surface area contributed by atoms with E-state index < -0.39 is 0 Å². The number of rotatable bonds is 7. The zero-order valence-electron chi connectivity index (χ0n) is 9.31. The van der Waals surface area contributed by atoms with Gasteiger partial charge in [-0.25, -0.2) is 4.98 Å². The van der Waals surface area contributed by atoms with Crippen LogP contribution < -0.4 is 10.5 Å². The molecule has 0 aliphatic rings. The van der Waals surface area contributed by atoms with Crippen LogP contribution in [0, 0.1) is 0 Å². The second kappa shape index (κ2) is 7.14. The van der Waals surface area contributed by atoms with E-state index in [1.807, 2.05) is 6.07 Å². The summed E-state index contributed by atoms with van der Waals surface area (Å²) in [4.78, 5) is 4.42. The lowest BCUT2D eigenvalue weighted by Gasteiger charge is -2.06. The molecule has 4 nitrogen and oxygen atoms in total. The van der Waals surface area contributed by atoms with Crippen molar-refractivity contribution in [1.82, 2.24) is 4.98 Å². The summed E-state index contributed by atoms with van der Waals surface area (Å²) in [5.74, 6) is 0.519. The van der Waals surface area contributed by atoms with Gasteiger partial charge in [-0.15, -0.1) is 0 Å². The summed E-state index contributed by atoms with van der Waals surface area (Å²) in [5, 5.41) is 0. The van der Waals surface area contributed by atoms with Crippen LogP contribution in [-0.2, 0) is 4.74 Å². The van der Waals surface area contributed by atoms with Gasteiger partial charge in [0.1, 0.15) is 17.3 Å². The minimum Gasteiger partial charge on any atom is -0.475 e. The van der Waals surface area contributed by atoms with Crippen molar-refractivity contribution < 1.29 is 9.47 Å². The molecular weight excluding hydrogens is 224 g/mol. The van der Waals surface area contributed by atoms with Gasteiger partial charge in [-0.1, -0.05) is 25.2 Å². The third-order valence-corrected chi connectivity index (χ3v) is 2.01. The number of pyridine rings is 1. The smallest absolute Gasteiger partial charge is 0.213 e. The number of ether oxygens (including phenoxy) is 2. The highest BCUT2D eigenvalue weighted by Gasteiger charge is 2.00. The Morgan fingerprint density at radius 1 is 1.38 bits per heavy atom. The molecule has 2 N–H and O–H groups in total. The highest BCUT2D eigenvalue weighted by molar-refractivity contribution is 7.80. The standard InChI is InChI=1S/C11H16N2O2S/c1-2-6-14-7-8-15-10-5-3-4-9(13-10)11(12)16/h3-5H,2,6-8H2,1H3,(H2,12,16). The van der Waals surface area contributed by atoms with Gasteiger partial charge in [0.2, 0.25) is 5.88 Å². The molecule has 0 aromatic carbocycles. The Bertz CT molecular complexity index is 345. The summed E-state index contributed by atoms with van der Waals surface area (Å²) in [7, 11) is 0. The maximum Gasteiger partial charge on any atom is 0.213 e. The lowest BCUT2D eigenvalue weighted by molar-refractivity contribution is 0.0990. The van der Waals surface area contributed by atoms with E-state index in [4.69, 9.17) is 27.4 Å². The summed E-state index contributed by atoms with van der Waals surface area (Å²) >= 11 is 4.83. The first-order valence-corrected chi connectivity index (χ1v) is 5.62. The molecule has 0 atom stereocenters. The third-order valence-electron chi connectivity index (χ3n) is 1.80. The van der Waals surface area contributed by atoms with Crippen LogP contribution in [0.2, 0.25) is 0 Å². The molecule has 0 aliphatic carbocycles. The normalized spacial score (nSPS) is 10.1. The van der Waals surface area contributed by atoms with Crippen LogP contribution in [0.15, 0.2) is 18.2 Å². The fourth-order valence-corrected chi connectivity index (χ4v) is 1.20. The first kappa shape index (κ1) is 12.9. The summed E-state index contributed by atoms with van der Waals surface area (Å²) in [6.45, 7) is 3.86. The van der Waals surface area contributed by atoms with Crippen molar-refractivity contribution in [3.8, 4) is 5.88 Å². The van der Waals surface area contributed by atoms with Crippen LogP contribution in [0.5, 0.6) is 5.88 Å². The Morgan fingerprint density at radius 2 is 2.19 bits per heavy atom. The fourth-order valence-electron chi connectivity index (χ4n) is 1.08. The zero-order valence-corrected chi connectivity index (χ0v) is 10.1. The molecule has 1 aromatic heterocycles. The SMILES string of the molecule is CCCOCCOc1cccc(C(N)=S)n1. The topological polar surface area (TPSA) is 57.4 Å². The van der Waals surface area contributed by atoms with E-state index in [0.29, 0.717) is 24.8 Å². The van der Waals surface area contributed by atoms with Crippen molar-refractivity contribution >= 4 is 17.2 Å². The number of hydrogen-bond acceptors (Lipinski definition) is 4. The molecule has 1 rings (SSSR count). The second-order valence-electron chi connectivity index (χ2n) is 3.19. The molecule has 0 spiro atoms. The van der Waals surface area contributed by atoms with Crippen LogP contribution in [-0.4, -0.2) is 29.8 Å². The van der Waals surface area contributed by atoms with E-state index in [9.17, 15) is 0 Å². The van der Waals surface area contributed by atoms with Gasteiger partial charge < -0.3 is 15.2 Å². The van der Waals surface area contributed by atoms with E-state index in [1.165, 1.54) is 0 Å². The first-order chi connectivity index (χ1) is 7.74. The average Bonchev–Trinajstić information content (AvgIpc) is 2.29. The Morgan fingerprint density at radius 3 is 2.88 bits per heavy atom. The number of aromatic nitrogens is 1. The third kappa shape index (κ3) is 4.55. The predicted octanol–water partition coefficient (Wildman–Crippen LogP) is 1.52. The maximum atomic E-state index is 5.47. The molecule has 0 unspecified atom stereocenters. The highest BCUT2D eigenvalue weighted by Crippen LogP contribution is 2.07. The molecule has 5 heteroatoms. The molecule has 0 amide bonds. The van der Waals surface area contributed by atoms with Crippen LogP contribution >= 0.6 is 12.2 Å². The maximum absolute atomic E-state index is 5.47. The number of hydrogen-bond donors (Lipinski definition) is 1. The molecule has 1 aromatic rings. The van der Waals surface area contributed by atoms with Crippen molar-refractivity contribution in [2.24, 2.45) is 5.73 Å². The molecule has 0 bridgehead atoms. The summed E-state index contributed by atoms with van der Waals surface area (Å²) in [6.07, 6.45) is 1.01. The second-order valence-corrected chi connectivity index (χ2v) is 3.63. The first-order valence-electron chi connectivity index (χ1n) is 5.21. The molecule has 0 aliphatic heterocycles. The van der Waals surface area contributed by atoms with Crippen molar-refractivity contribution in [2.75, 3.05) is 19.8 Å². The van der Waals surface area contributed by atoms with E-state index in [0.717, 1.165) is 13.0 Å². The van der Waals surface area contributed by atoms with Gasteiger partial charge in [-0.3, -0.25) is 0 Å². The Hall–Kier alpha value is -1.20. The fraction of sp³-hybridized carbons (Fsp3) is 0.455. The lowest BCUT2D eigenvalue weighted by Crippen LogP contribution is -2.13. The molecule has 1 heterocycles. The summed E-state index contributed by atoms with van der Waals surface area (Å²) < 4.78 is 10.7. The van der Waals surface area contributed by atoms with Crippen molar-refractivity contribution in [2.45, 2.75) is 13.3 Å². The van der Waals surface area contributed by atoms with Crippen molar-refractivity contribution in [3.63, 3.8) is 0 Å². The predicted molar refractivity (Wildman–Crippen MR) is 66.7 cm³/mol. The Labute approximate surface area is 101 Å². The van der Waals surface area contributed by atoms with Gasteiger partial charge in [-0.05, 0) is 12.5 Å². The molecule has 88 valence electrons. The largest absolute Gasteiger partial charge is 0.475 e. The van der Waals surface area contributed by atoms with E-state index in [1.54, 1.807) is 12.1 Å². The Balaban J connectivity index is 2.36. The lowest BCUT2D eigenvalue weighted by atomic mass is 10.3. The van der Waals surface area contributed by atoms with Gasteiger partial charge >= 0.3 is 0 Å². The van der Waals surface area contributed by atoms with Crippen LogP contribution in [0.1, 0.15) is 19.0 Å². The van der Waals surface area contributed by atoms with Gasteiger partial charge in [0, 0.05) is 12.7 Å². The molecule has 0 fully saturated rings. The molecule has 16 heavy (non-hydrogen) atoms. The number of nitrogens with zero attached hydrogens (tertiary/aromatic N) is 1. The molecule has 0 radical (unpaired) electrons. The van der Waals surface area contributed by atoms with Crippen LogP contribution in [0.3, 0.4) is 0 Å². The summed E-state index contributed by atoms with van der Waals surface area (Å²) in [6, 6.07) is 5.33. The van der Waals surface area contributed by atoms with Gasteiger partial charge in [-0.2, -0.15) is 0 Å². The average molecular weight is 240 g/mol. The van der Waals surface area contributed by atoms with Gasteiger partial charge in [0.05, 0.1) is 6.61 Å². The Kier molecular flexibility index (Phi) is 5.74. The van der Waals surface area contributed by atoms with E-state index in [-0.39, 0.29) is 4.99 Å². The highest BCUT2D eigenvalue weighted by atomic mass is 32.1.